The largest absolute Gasteiger partial charge is 0.497 e. The summed E-state index contributed by atoms with van der Waals surface area (Å²) in [5.41, 5.74) is 2.65. The molecule has 1 aliphatic rings. The average molecular weight is 390 g/mol. The molecule has 0 radical (unpaired) electrons. The Labute approximate surface area is 168 Å². The topological polar surface area (TPSA) is 76.5 Å². The van der Waals surface area contributed by atoms with Crippen molar-refractivity contribution in [1.82, 2.24) is 9.55 Å². The summed E-state index contributed by atoms with van der Waals surface area (Å²) in [5, 5.41) is 2.87. The fourth-order valence-electron chi connectivity index (χ4n) is 3.53. The van der Waals surface area contributed by atoms with Crippen LogP contribution in [0.5, 0.6) is 5.75 Å². The molecule has 7 nitrogen and oxygen atoms in total. The van der Waals surface area contributed by atoms with Crippen molar-refractivity contribution in [3.8, 4) is 17.0 Å². The fourth-order valence-corrected chi connectivity index (χ4v) is 3.53. The van der Waals surface area contributed by atoms with E-state index < -0.39 is 5.92 Å². The molecule has 1 N–H and O–H groups in total. The van der Waals surface area contributed by atoms with Gasteiger partial charge in [0, 0.05) is 31.8 Å². The van der Waals surface area contributed by atoms with Gasteiger partial charge in [0.25, 0.3) is 0 Å². The number of amides is 2. The molecule has 0 saturated carbocycles. The van der Waals surface area contributed by atoms with Gasteiger partial charge in [-0.1, -0.05) is 36.4 Å². The summed E-state index contributed by atoms with van der Waals surface area (Å²) >= 11 is 0. The number of benzene rings is 2. The van der Waals surface area contributed by atoms with E-state index in [9.17, 15) is 9.59 Å². The van der Waals surface area contributed by atoms with E-state index in [-0.39, 0.29) is 18.2 Å². The normalized spacial score (nSPS) is 16.1. The van der Waals surface area contributed by atoms with Gasteiger partial charge in [0.15, 0.2) is 0 Å². The Kier molecular flexibility index (Phi) is 5.03. The van der Waals surface area contributed by atoms with E-state index in [0.29, 0.717) is 18.2 Å². The smallest absolute Gasteiger partial charge is 0.232 e. The Hall–Kier alpha value is -3.61. The summed E-state index contributed by atoms with van der Waals surface area (Å²) < 4.78 is 7.06. The number of methoxy groups -OCH3 is 1. The molecule has 29 heavy (non-hydrogen) atoms. The third-order valence-electron chi connectivity index (χ3n) is 5.15. The molecular formula is C22H22N4O3. The minimum Gasteiger partial charge on any atom is -0.497 e. The van der Waals surface area contributed by atoms with Gasteiger partial charge >= 0.3 is 0 Å². The molecule has 1 aliphatic heterocycles. The van der Waals surface area contributed by atoms with Gasteiger partial charge < -0.3 is 14.2 Å². The van der Waals surface area contributed by atoms with Gasteiger partial charge in [-0.3, -0.25) is 14.9 Å². The predicted molar refractivity (Wildman–Crippen MR) is 111 cm³/mol. The predicted octanol–water partition coefficient (Wildman–Crippen LogP) is 3.09. The van der Waals surface area contributed by atoms with Gasteiger partial charge in [-0.05, 0) is 17.7 Å². The van der Waals surface area contributed by atoms with E-state index in [1.54, 1.807) is 24.3 Å². The zero-order chi connectivity index (χ0) is 20.4. The first-order chi connectivity index (χ1) is 14.1. The van der Waals surface area contributed by atoms with E-state index in [2.05, 4.69) is 10.3 Å². The van der Waals surface area contributed by atoms with Crippen LogP contribution >= 0.6 is 0 Å². The first-order valence-corrected chi connectivity index (χ1v) is 9.39. The number of imidazole rings is 1. The highest BCUT2D eigenvalue weighted by atomic mass is 16.5. The van der Waals surface area contributed by atoms with Crippen LogP contribution < -0.4 is 15.0 Å². The lowest BCUT2D eigenvalue weighted by Gasteiger charge is -2.17. The van der Waals surface area contributed by atoms with Crippen molar-refractivity contribution >= 4 is 23.5 Å². The van der Waals surface area contributed by atoms with Crippen molar-refractivity contribution in [3.05, 3.63) is 60.8 Å². The highest BCUT2D eigenvalue weighted by Crippen LogP contribution is 2.29. The molecule has 1 aromatic heterocycles. The SMILES string of the molecule is COc1cccc(N2CC(C(=O)Nc3ncc(-c4ccccc4)n3C)CC2=O)c1. The van der Waals surface area contributed by atoms with Gasteiger partial charge in [0.2, 0.25) is 17.8 Å². The van der Waals surface area contributed by atoms with E-state index in [1.807, 2.05) is 60.1 Å². The first kappa shape index (κ1) is 18.7. The molecule has 7 heteroatoms. The van der Waals surface area contributed by atoms with Crippen LogP contribution in [0.1, 0.15) is 6.42 Å². The van der Waals surface area contributed by atoms with Crippen molar-refractivity contribution in [2.45, 2.75) is 6.42 Å². The summed E-state index contributed by atoms with van der Waals surface area (Å²) in [7, 11) is 3.44. The number of hydrogen-bond donors (Lipinski definition) is 1. The number of carbonyl (C=O) groups excluding carboxylic acids is 2. The lowest BCUT2D eigenvalue weighted by molar-refractivity contribution is -0.122. The maximum absolute atomic E-state index is 12.8. The molecule has 1 atom stereocenters. The summed E-state index contributed by atoms with van der Waals surface area (Å²) in [6.45, 7) is 0.327. The number of hydrogen-bond acceptors (Lipinski definition) is 4. The van der Waals surface area contributed by atoms with Gasteiger partial charge in [0.05, 0.1) is 24.9 Å². The van der Waals surface area contributed by atoms with E-state index in [4.69, 9.17) is 4.74 Å². The van der Waals surface area contributed by atoms with Crippen molar-refractivity contribution in [2.24, 2.45) is 13.0 Å². The summed E-state index contributed by atoms with van der Waals surface area (Å²) in [6.07, 6.45) is 1.90. The molecule has 2 aromatic carbocycles. The molecule has 148 valence electrons. The minimum atomic E-state index is -0.439. The molecule has 0 spiro atoms. The quantitative estimate of drug-likeness (QED) is 0.726. The molecule has 2 amide bonds. The highest BCUT2D eigenvalue weighted by Gasteiger charge is 2.35. The molecule has 4 rings (SSSR count). The Morgan fingerprint density at radius 3 is 2.72 bits per heavy atom. The van der Waals surface area contributed by atoms with Gasteiger partial charge in [-0.25, -0.2) is 4.98 Å². The first-order valence-electron chi connectivity index (χ1n) is 9.39. The second-order valence-corrected chi connectivity index (χ2v) is 6.99. The highest BCUT2D eigenvalue weighted by molar-refractivity contribution is 6.03. The molecular weight excluding hydrogens is 368 g/mol. The zero-order valence-electron chi connectivity index (χ0n) is 16.3. The lowest BCUT2D eigenvalue weighted by atomic mass is 10.1. The third-order valence-corrected chi connectivity index (χ3v) is 5.15. The molecule has 1 unspecified atom stereocenters. The second-order valence-electron chi connectivity index (χ2n) is 6.99. The molecule has 0 aliphatic carbocycles. The van der Waals surface area contributed by atoms with Crippen LogP contribution in [0, 0.1) is 5.92 Å². The van der Waals surface area contributed by atoms with Crippen molar-refractivity contribution < 1.29 is 14.3 Å². The number of aromatic nitrogens is 2. The summed E-state index contributed by atoms with van der Waals surface area (Å²) in [4.78, 5) is 31.2. The standard InChI is InChI=1S/C22H22N4O3/c1-25-19(15-7-4-3-5-8-15)13-23-22(25)24-21(28)16-11-20(27)26(14-16)17-9-6-10-18(12-17)29-2/h3-10,12-13,16H,11,14H2,1-2H3,(H,23,24,28). The number of anilines is 2. The monoisotopic (exact) mass is 390 g/mol. The fraction of sp³-hybridized carbons (Fsp3) is 0.227. The molecule has 3 aromatic rings. The van der Waals surface area contributed by atoms with Crippen molar-refractivity contribution in [1.29, 1.82) is 0 Å². The van der Waals surface area contributed by atoms with Gasteiger partial charge in [0.1, 0.15) is 5.75 Å². The number of rotatable bonds is 5. The Bertz CT molecular complexity index is 1050. The van der Waals surface area contributed by atoms with Crippen LogP contribution in [0.15, 0.2) is 60.8 Å². The number of nitrogens with one attached hydrogen (secondary N) is 1. The molecule has 0 bridgehead atoms. The number of ether oxygens (including phenoxy) is 1. The number of carbonyl (C=O) groups is 2. The average Bonchev–Trinajstić information content (AvgIpc) is 3.31. The number of nitrogens with zero attached hydrogens (tertiary/aromatic N) is 3. The van der Waals surface area contributed by atoms with Crippen molar-refractivity contribution in [3.63, 3.8) is 0 Å². The van der Waals surface area contributed by atoms with E-state index >= 15 is 0 Å². The molecule has 1 fully saturated rings. The maximum Gasteiger partial charge on any atom is 0.232 e. The minimum absolute atomic E-state index is 0.0804. The lowest BCUT2D eigenvalue weighted by Crippen LogP contribution is -2.28. The Morgan fingerprint density at radius 1 is 1.17 bits per heavy atom. The second kappa shape index (κ2) is 7.79. The van der Waals surface area contributed by atoms with Crippen LogP contribution in [-0.4, -0.2) is 35.0 Å². The third kappa shape index (κ3) is 3.71. The maximum atomic E-state index is 12.8. The summed E-state index contributed by atoms with van der Waals surface area (Å²) in [6, 6.07) is 17.1. The summed E-state index contributed by atoms with van der Waals surface area (Å²) in [5.74, 6) is 0.400. The van der Waals surface area contributed by atoms with Crippen LogP contribution in [0.2, 0.25) is 0 Å². The van der Waals surface area contributed by atoms with Crippen molar-refractivity contribution in [2.75, 3.05) is 23.9 Å². The van der Waals surface area contributed by atoms with E-state index in [0.717, 1.165) is 16.9 Å². The van der Waals surface area contributed by atoms with E-state index in [1.165, 1.54) is 0 Å². The molecule has 1 saturated heterocycles. The van der Waals surface area contributed by atoms with Crippen LogP contribution in [0.4, 0.5) is 11.6 Å². The Morgan fingerprint density at radius 2 is 1.97 bits per heavy atom. The van der Waals surface area contributed by atoms with Gasteiger partial charge in [-0.2, -0.15) is 0 Å². The van der Waals surface area contributed by atoms with Crippen LogP contribution in [-0.2, 0) is 16.6 Å². The molecule has 2 heterocycles. The zero-order valence-corrected chi connectivity index (χ0v) is 16.3. The van der Waals surface area contributed by atoms with Crippen LogP contribution in [0.3, 0.4) is 0 Å². The van der Waals surface area contributed by atoms with Gasteiger partial charge in [-0.15, -0.1) is 0 Å². The Balaban J connectivity index is 1.47. The van der Waals surface area contributed by atoms with Crippen LogP contribution in [0.25, 0.3) is 11.3 Å².